The van der Waals surface area contributed by atoms with Crippen LogP contribution >= 0.6 is 0 Å². The second kappa shape index (κ2) is 8.03. The normalized spacial score (nSPS) is 12.4. The summed E-state index contributed by atoms with van der Waals surface area (Å²) in [5.41, 5.74) is 2.94. The highest BCUT2D eigenvalue weighted by atomic mass is 16.7. The van der Waals surface area contributed by atoms with Crippen LogP contribution in [0.15, 0.2) is 42.5 Å². The molecule has 1 aliphatic heterocycles. The molecule has 0 spiro atoms. The van der Waals surface area contributed by atoms with E-state index in [-0.39, 0.29) is 12.7 Å². The van der Waals surface area contributed by atoms with Gasteiger partial charge in [0, 0.05) is 18.7 Å². The smallest absolute Gasteiger partial charge is 0.251 e. The Morgan fingerprint density at radius 2 is 1.68 bits per heavy atom. The van der Waals surface area contributed by atoms with Gasteiger partial charge in [0.05, 0.1) is 0 Å². The predicted molar refractivity (Wildman–Crippen MR) is 96.8 cm³/mol. The summed E-state index contributed by atoms with van der Waals surface area (Å²) in [5.74, 6) is 1.18. The van der Waals surface area contributed by atoms with Crippen LogP contribution in [0.2, 0.25) is 0 Å². The summed E-state index contributed by atoms with van der Waals surface area (Å²) in [6.07, 6.45) is 0. The number of nitrogens with zero attached hydrogens (tertiary/aromatic N) is 1. The van der Waals surface area contributed by atoms with E-state index in [0.717, 1.165) is 25.2 Å². The molecular weight excluding hydrogens is 316 g/mol. The highest BCUT2D eigenvalue weighted by Crippen LogP contribution is 2.32. The standard InChI is InChI=1S/C20H24N2O3/c1-3-22(4-2)13-16-7-5-15(6-8-16)12-21-20(23)17-9-10-18-19(11-17)25-14-24-18/h5-11H,3-4,12-14H2,1-2H3,(H,21,23). The zero-order valence-electron chi connectivity index (χ0n) is 14.7. The molecule has 0 radical (unpaired) electrons. The number of fused-ring (bicyclic) bond motifs is 1. The van der Waals surface area contributed by atoms with Crippen molar-refractivity contribution in [2.24, 2.45) is 0 Å². The van der Waals surface area contributed by atoms with Gasteiger partial charge in [-0.05, 0) is 42.4 Å². The van der Waals surface area contributed by atoms with Gasteiger partial charge in [-0.2, -0.15) is 0 Å². The van der Waals surface area contributed by atoms with E-state index in [1.165, 1.54) is 5.56 Å². The van der Waals surface area contributed by atoms with Crippen LogP contribution in [0, 0.1) is 0 Å². The van der Waals surface area contributed by atoms with Crippen molar-refractivity contribution < 1.29 is 14.3 Å². The Morgan fingerprint density at radius 1 is 1.00 bits per heavy atom. The molecule has 1 heterocycles. The minimum absolute atomic E-state index is 0.120. The molecule has 0 saturated carbocycles. The highest BCUT2D eigenvalue weighted by molar-refractivity contribution is 5.94. The third-order valence-electron chi connectivity index (χ3n) is 4.41. The van der Waals surface area contributed by atoms with Crippen molar-refractivity contribution in [3.8, 4) is 11.5 Å². The predicted octanol–water partition coefficient (Wildman–Crippen LogP) is 3.19. The maximum atomic E-state index is 12.3. The van der Waals surface area contributed by atoms with Crippen molar-refractivity contribution in [1.82, 2.24) is 10.2 Å². The lowest BCUT2D eigenvalue weighted by Crippen LogP contribution is -2.23. The molecule has 0 fully saturated rings. The van der Waals surface area contributed by atoms with E-state index in [1.54, 1.807) is 18.2 Å². The first-order valence-corrected chi connectivity index (χ1v) is 8.67. The molecule has 3 rings (SSSR count). The third kappa shape index (κ3) is 4.31. The second-order valence-corrected chi connectivity index (χ2v) is 6.03. The van der Waals surface area contributed by atoms with E-state index < -0.39 is 0 Å². The fourth-order valence-electron chi connectivity index (χ4n) is 2.79. The lowest BCUT2D eigenvalue weighted by Gasteiger charge is -2.18. The molecule has 132 valence electrons. The summed E-state index contributed by atoms with van der Waals surface area (Å²) in [5, 5.41) is 2.94. The van der Waals surface area contributed by atoms with Crippen LogP contribution in [-0.2, 0) is 13.1 Å². The molecule has 0 saturated heterocycles. The van der Waals surface area contributed by atoms with Crippen LogP contribution < -0.4 is 14.8 Å². The lowest BCUT2D eigenvalue weighted by atomic mass is 10.1. The summed E-state index contributed by atoms with van der Waals surface area (Å²) in [6.45, 7) is 8.09. The number of ether oxygens (including phenoxy) is 2. The van der Waals surface area contributed by atoms with E-state index in [9.17, 15) is 4.79 Å². The molecule has 1 aliphatic rings. The fraction of sp³-hybridized carbons (Fsp3) is 0.350. The Kier molecular flexibility index (Phi) is 5.56. The van der Waals surface area contributed by atoms with E-state index >= 15 is 0 Å². The van der Waals surface area contributed by atoms with Crippen molar-refractivity contribution >= 4 is 5.91 Å². The van der Waals surface area contributed by atoms with Gasteiger partial charge in [0.25, 0.3) is 5.91 Å². The average Bonchev–Trinajstić information content (AvgIpc) is 3.12. The number of benzene rings is 2. The van der Waals surface area contributed by atoms with Gasteiger partial charge in [0.2, 0.25) is 6.79 Å². The van der Waals surface area contributed by atoms with Gasteiger partial charge in [0.15, 0.2) is 11.5 Å². The first-order valence-electron chi connectivity index (χ1n) is 8.67. The number of rotatable bonds is 7. The Morgan fingerprint density at radius 3 is 2.40 bits per heavy atom. The van der Waals surface area contributed by atoms with E-state index in [4.69, 9.17) is 9.47 Å². The fourth-order valence-corrected chi connectivity index (χ4v) is 2.79. The lowest BCUT2D eigenvalue weighted by molar-refractivity contribution is 0.0950. The second-order valence-electron chi connectivity index (χ2n) is 6.03. The average molecular weight is 340 g/mol. The van der Waals surface area contributed by atoms with Crippen LogP contribution in [0.4, 0.5) is 0 Å². The number of hydrogen-bond acceptors (Lipinski definition) is 4. The summed E-state index contributed by atoms with van der Waals surface area (Å²) in [6, 6.07) is 13.6. The number of carbonyl (C=O) groups is 1. The third-order valence-corrected chi connectivity index (χ3v) is 4.41. The summed E-state index contributed by atoms with van der Waals surface area (Å²) >= 11 is 0. The largest absolute Gasteiger partial charge is 0.454 e. The molecule has 2 aromatic rings. The molecule has 0 bridgehead atoms. The number of hydrogen-bond donors (Lipinski definition) is 1. The molecule has 1 N–H and O–H groups in total. The van der Waals surface area contributed by atoms with Crippen LogP contribution in [0.25, 0.3) is 0 Å². The van der Waals surface area contributed by atoms with Gasteiger partial charge in [-0.15, -0.1) is 0 Å². The number of amides is 1. The van der Waals surface area contributed by atoms with Crippen LogP contribution in [-0.4, -0.2) is 30.7 Å². The van der Waals surface area contributed by atoms with Crippen molar-refractivity contribution in [2.45, 2.75) is 26.9 Å². The first kappa shape index (κ1) is 17.3. The molecule has 25 heavy (non-hydrogen) atoms. The van der Waals surface area contributed by atoms with Gasteiger partial charge < -0.3 is 14.8 Å². The van der Waals surface area contributed by atoms with Crippen molar-refractivity contribution in [2.75, 3.05) is 19.9 Å². The van der Waals surface area contributed by atoms with Crippen LogP contribution in [0.3, 0.4) is 0 Å². The molecule has 0 atom stereocenters. The van der Waals surface area contributed by atoms with E-state index in [0.29, 0.717) is 23.6 Å². The molecule has 5 heteroatoms. The number of carbonyl (C=O) groups excluding carboxylic acids is 1. The summed E-state index contributed by atoms with van der Waals surface area (Å²) in [7, 11) is 0. The van der Waals surface area contributed by atoms with Crippen molar-refractivity contribution in [3.05, 3.63) is 59.2 Å². The minimum Gasteiger partial charge on any atom is -0.454 e. The maximum absolute atomic E-state index is 12.3. The molecular formula is C20H24N2O3. The van der Waals surface area contributed by atoms with Crippen LogP contribution in [0.5, 0.6) is 11.5 Å². The quantitative estimate of drug-likeness (QED) is 0.841. The molecule has 0 aromatic heterocycles. The summed E-state index contributed by atoms with van der Waals surface area (Å²) < 4.78 is 10.6. The Labute approximate surface area is 148 Å². The molecule has 2 aromatic carbocycles. The molecule has 0 aliphatic carbocycles. The van der Waals surface area contributed by atoms with Crippen molar-refractivity contribution in [3.63, 3.8) is 0 Å². The zero-order valence-corrected chi connectivity index (χ0v) is 14.7. The van der Waals surface area contributed by atoms with Gasteiger partial charge in [0.1, 0.15) is 0 Å². The maximum Gasteiger partial charge on any atom is 0.251 e. The Bertz CT molecular complexity index is 724. The molecule has 0 unspecified atom stereocenters. The zero-order chi connectivity index (χ0) is 17.6. The van der Waals surface area contributed by atoms with E-state index in [1.807, 2.05) is 0 Å². The van der Waals surface area contributed by atoms with Crippen LogP contribution in [0.1, 0.15) is 35.3 Å². The number of nitrogens with one attached hydrogen (secondary N) is 1. The Hall–Kier alpha value is -2.53. The SMILES string of the molecule is CCN(CC)Cc1ccc(CNC(=O)c2ccc3c(c2)OCO3)cc1. The topological polar surface area (TPSA) is 50.8 Å². The monoisotopic (exact) mass is 340 g/mol. The van der Waals surface area contributed by atoms with E-state index in [2.05, 4.69) is 48.3 Å². The first-order chi connectivity index (χ1) is 12.2. The van der Waals surface area contributed by atoms with Gasteiger partial charge in [-0.1, -0.05) is 38.1 Å². The van der Waals surface area contributed by atoms with Gasteiger partial charge in [-0.25, -0.2) is 0 Å². The molecule has 1 amide bonds. The minimum atomic E-state index is -0.120. The van der Waals surface area contributed by atoms with Gasteiger partial charge >= 0.3 is 0 Å². The Balaban J connectivity index is 1.55. The summed E-state index contributed by atoms with van der Waals surface area (Å²) in [4.78, 5) is 14.7. The highest BCUT2D eigenvalue weighted by Gasteiger charge is 2.16. The van der Waals surface area contributed by atoms with Crippen molar-refractivity contribution in [1.29, 1.82) is 0 Å². The van der Waals surface area contributed by atoms with Gasteiger partial charge in [-0.3, -0.25) is 9.69 Å². The molecule has 5 nitrogen and oxygen atoms in total.